The van der Waals surface area contributed by atoms with Crippen LogP contribution < -0.4 is 20.9 Å². The van der Waals surface area contributed by atoms with E-state index in [4.69, 9.17) is 15.9 Å². The summed E-state index contributed by atoms with van der Waals surface area (Å²) in [5, 5.41) is 10.1. The van der Waals surface area contributed by atoms with Crippen molar-refractivity contribution in [2.75, 3.05) is 49.1 Å². The number of nitrogens with zero attached hydrogens (tertiary/aromatic N) is 3. The first-order chi connectivity index (χ1) is 12.8. The Hall–Kier alpha value is -3.04. The molecular formula is C17H23FN6O3. The largest absolute Gasteiger partial charge is 0.442 e. The van der Waals surface area contributed by atoms with Gasteiger partial charge in [-0.15, -0.1) is 0 Å². The zero-order valence-electron chi connectivity index (χ0n) is 15.1. The number of hydrogen-bond donors (Lipinski definition) is 3. The number of cyclic esters (lactones) is 1. The molecule has 2 fully saturated rings. The Labute approximate surface area is 156 Å². The summed E-state index contributed by atoms with van der Waals surface area (Å²) in [5.41, 5.74) is 6.34. The summed E-state index contributed by atoms with van der Waals surface area (Å²) >= 11 is 0. The summed E-state index contributed by atoms with van der Waals surface area (Å²) in [5.74, 6) is -0.613. The molecule has 2 saturated heterocycles. The van der Waals surface area contributed by atoms with Crippen molar-refractivity contribution in [2.45, 2.75) is 13.0 Å². The van der Waals surface area contributed by atoms with Gasteiger partial charge in [0.1, 0.15) is 11.9 Å². The molecule has 1 atom stereocenters. The zero-order chi connectivity index (χ0) is 19.6. The first-order valence-electron chi connectivity index (χ1n) is 8.71. The third-order valence-corrected chi connectivity index (χ3v) is 4.66. The van der Waals surface area contributed by atoms with Crippen molar-refractivity contribution in [3.63, 3.8) is 0 Å². The molecule has 9 nitrogen and oxygen atoms in total. The van der Waals surface area contributed by atoms with Gasteiger partial charge in [0.05, 0.1) is 24.5 Å². The number of piperazine rings is 1. The van der Waals surface area contributed by atoms with Gasteiger partial charge in [-0.2, -0.15) is 0 Å². The highest BCUT2D eigenvalue weighted by molar-refractivity contribution is 5.90. The second-order valence-corrected chi connectivity index (χ2v) is 6.55. The van der Waals surface area contributed by atoms with Crippen LogP contribution in [0.4, 0.5) is 20.6 Å². The number of anilines is 2. The third-order valence-electron chi connectivity index (χ3n) is 4.66. The number of halogens is 1. The lowest BCUT2D eigenvalue weighted by Gasteiger charge is -2.36. The maximum Gasteiger partial charge on any atom is 0.414 e. The number of benzene rings is 1. The average molecular weight is 378 g/mol. The normalized spacial score (nSPS) is 19.9. The molecule has 0 saturated carbocycles. The smallest absolute Gasteiger partial charge is 0.414 e. The minimum atomic E-state index is -0.562. The number of rotatable bonds is 4. The quantitative estimate of drug-likeness (QED) is 0.513. The maximum atomic E-state index is 14.7. The molecule has 0 radical (unpaired) electrons. The Morgan fingerprint density at radius 1 is 1.37 bits per heavy atom. The van der Waals surface area contributed by atoms with Gasteiger partial charge < -0.3 is 25.6 Å². The molecule has 2 amide bonds. The summed E-state index contributed by atoms with van der Waals surface area (Å²) in [4.78, 5) is 28.0. The lowest BCUT2D eigenvalue weighted by Crippen LogP contribution is -2.51. The SMILES string of the molecule is CC(=O)NC[C@H]1CN(c2ccc(N3CCN(C(=N)N)CC3)c(F)c2)C(=O)O1. The monoisotopic (exact) mass is 378 g/mol. The van der Waals surface area contributed by atoms with E-state index in [2.05, 4.69) is 5.32 Å². The van der Waals surface area contributed by atoms with Crippen molar-refractivity contribution in [1.29, 1.82) is 5.41 Å². The Morgan fingerprint density at radius 3 is 2.67 bits per heavy atom. The molecule has 2 aliphatic rings. The molecule has 0 unspecified atom stereocenters. The molecule has 0 aliphatic carbocycles. The van der Waals surface area contributed by atoms with E-state index in [1.54, 1.807) is 17.0 Å². The van der Waals surface area contributed by atoms with Crippen LogP contribution in [0.1, 0.15) is 6.92 Å². The number of carbonyl (C=O) groups is 2. The molecule has 27 heavy (non-hydrogen) atoms. The fourth-order valence-corrected chi connectivity index (χ4v) is 3.20. The fourth-order valence-electron chi connectivity index (χ4n) is 3.20. The Bertz CT molecular complexity index is 750. The molecule has 1 aromatic carbocycles. The summed E-state index contributed by atoms with van der Waals surface area (Å²) in [6.07, 6.45) is -1.03. The molecule has 0 spiro atoms. The standard InChI is InChI=1S/C17H23FN6O3/c1-11(25)21-9-13-10-24(17(26)27-13)12-2-3-15(14(18)8-12)22-4-6-23(7-5-22)16(19)20/h2-3,8,13H,4-7,9-10H2,1H3,(H3,19,20)(H,21,25)/t13-/m0/s1. The van der Waals surface area contributed by atoms with E-state index in [-0.39, 0.29) is 25.0 Å². The summed E-state index contributed by atoms with van der Waals surface area (Å²) < 4.78 is 19.9. The van der Waals surface area contributed by atoms with Crippen LogP contribution in [0.2, 0.25) is 0 Å². The first-order valence-corrected chi connectivity index (χ1v) is 8.71. The highest BCUT2D eigenvalue weighted by Crippen LogP contribution is 2.28. The van der Waals surface area contributed by atoms with E-state index in [0.717, 1.165) is 0 Å². The molecule has 0 bridgehead atoms. The van der Waals surface area contributed by atoms with Crippen molar-refractivity contribution in [3.05, 3.63) is 24.0 Å². The van der Waals surface area contributed by atoms with Gasteiger partial charge in [-0.05, 0) is 18.2 Å². The van der Waals surface area contributed by atoms with Crippen LogP contribution in [0.3, 0.4) is 0 Å². The van der Waals surface area contributed by atoms with Crippen LogP contribution in [0, 0.1) is 11.2 Å². The topological polar surface area (TPSA) is 115 Å². The zero-order valence-corrected chi connectivity index (χ0v) is 15.1. The minimum absolute atomic E-state index is 0.0202. The average Bonchev–Trinajstić information content (AvgIpc) is 3.01. The molecule has 1 aromatic rings. The van der Waals surface area contributed by atoms with Gasteiger partial charge >= 0.3 is 6.09 Å². The summed E-state index contributed by atoms with van der Waals surface area (Å²) in [6, 6.07) is 4.63. The Kier molecular flexibility index (Phi) is 5.33. The second kappa shape index (κ2) is 7.68. The number of carbonyl (C=O) groups excluding carboxylic acids is 2. The molecule has 146 valence electrons. The van der Waals surface area contributed by atoms with Gasteiger partial charge in [0.15, 0.2) is 5.96 Å². The van der Waals surface area contributed by atoms with E-state index >= 15 is 0 Å². The predicted molar refractivity (Wildman–Crippen MR) is 98.4 cm³/mol. The number of nitrogens with two attached hydrogens (primary N) is 1. The highest BCUT2D eigenvalue weighted by Gasteiger charge is 2.33. The van der Waals surface area contributed by atoms with Crippen LogP contribution >= 0.6 is 0 Å². The van der Waals surface area contributed by atoms with Crippen LogP contribution in [-0.4, -0.2) is 68.2 Å². The van der Waals surface area contributed by atoms with E-state index < -0.39 is 18.0 Å². The molecule has 2 aliphatic heterocycles. The summed E-state index contributed by atoms with van der Waals surface area (Å²) in [7, 11) is 0. The van der Waals surface area contributed by atoms with E-state index in [1.807, 2.05) is 4.90 Å². The Balaban J connectivity index is 1.66. The molecule has 2 heterocycles. The van der Waals surface area contributed by atoms with Crippen molar-refractivity contribution in [1.82, 2.24) is 10.2 Å². The number of nitrogens with one attached hydrogen (secondary N) is 2. The molecular weight excluding hydrogens is 355 g/mol. The lowest BCUT2D eigenvalue weighted by molar-refractivity contribution is -0.119. The molecule has 10 heteroatoms. The van der Waals surface area contributed by atoms with Crippen molar-refractivity contribution < 1.29 is 18.7 Å². The molecule has 0 aromatic heterocycles. The minimum Gasteiger partial charge on any atom is -0.442 e. The maximum absolute atomic E-state index is 14.7. The number of ether oxygens (including phenoxy) is 1. The third kappa shape index (κ3) is 4.21. The van der Waals surface area contributed by atoms with E-state index in [9.17, 15) is 14.0 Å². The van der Waals surface area contributed by atoms with Crippen molar-refractivity contribution in [3.8, 4) is 0 Å². The van der Waals surface area contributed by atoms with Crippen LogP contribution in [0.25, 0.3) is 0 Å². The van der Waals surface area contributed by atoms with E-state index in [1.165, 1.54) is 17.9 Å². The Morgan fingerprint density at radius 2 is 2.07 bits per heavy atom. The van der Waals surface area contributed by atoms with Gasteiger partial charge in [0.25, 0.3) is 0 Å². The fraction of sp³-hybridized carbons (Fsp3) is 0.471. The lowest BCUT2D eigenvalue weighted by atomic mass is 10.2. The van der Waals surface area contributed by atoms with E-state index in [0.29, 0.717) is 37.6 Å². The highest BCUT2D eigenvalue weighted by atomic mass is 19.1. The van der Waals surface area contributed by atoms with Crippen molar-refractivity contribution in [2.24, 2.45) is 5.73 Å². The number of guanidine groups is 1. The van der Waals surface area contributed by atoms with Crippen LogP contribution in [-0.2, 0) is 9.53 Å². The van der Waals surface area contributed by atoms with Gasteiger partial charge in [0.2, 0.25) is 5.91 Å². The second-order valence-electron chi connectivity index (χ2n) is 6.55. The first kappa shape index (κ1) is 18.7. The van der Waals surface area contributed by atoms with Crippen LogP contribution in [0.15, 0.2) is 18.2 Å². The van der Waals surface area contributed by atoms with Gasteiger partial charge in [-0.25, -0.2) is 9.18 Å². The van der Waals surface area contributed by atoms with Crippen LogP contribution in [0.5, 0.6) is 0 Å². The van der Waals surface area contributed by atoms with Gasteiger partial charge in [-0.1, -0.05) is 0 Å². The van der Waals surface area contributed by atoms with Crippen molar-refractivity contribution >= 4 is 29.3 Å². The molecule has 3 rings (SSSR count). The predicted octanol–water partition coefficient (Wildman–Crippen LogP) is 0.302. The number of amides is 2. The molecule has 4 N–H and O–H groups in total. The summed E-state index contributed by atoms with van der Waals surface area (Å²) in [6.45, 7) is 4.08. The van der Waals surface area contributed by atoms with Gasteiger partial charge in [0, 0.05) is 33.1 Å². The number of hydrogen-bond acceptors (Lipinski definition) is 5. The van der Waals surface area contributed by atoms with Gasteiger partial charge in [-0.3, -0.25) is 15.1 Å².